The van der Waals surface area contributed by atoms with Gasteiger partial charge in [-0.3, -0.25) is 0 Å². The van der Waals surface area contributed by atoms with Crippen LogP contribution in [0.3, 0.4) is 0 Å². The second kappa shape index (κ2) is 12.4. The number of nitrogens with one attached hydrogen (secondary N) is 2. The molecule has 0 bridgehead atoms. The molecule has 0 fully saturated rings. The number of hydrogen-bond acceptors (Lipinski definition) is 0. The Morgan fingerprint density at radius 3 is 1.52 bits per heavy atom. The normalized spacial score (nSPS) is 15.2. The average Bonchev–Trinajstić information content (AvgIpc) is 3.43. The van der Waals surface area contributed by atoms with E-state index in [0.717, 1.165) is 12.8 Å². The number of H-pyrrole nitrogens is 2. The highest BCUT2D eigenvalue weighted by atomic mass is 14.8. The third-order valence-electron chi connectivity index (χ3n) is 6.18. The molecule has 168 valence electrons. The molecule has 2 N–H and O–H groups in total. The summed E-state index contributed by atoms with van der Waals surface area (Å²) in [5.74, 6) is 1.29. The largest absolute Gasteiger partial charge is 0.361 e. The molecule has 2 unspecified atom stereocenters. The Bertz CT molecular complexity index is 813. The van der Waals surface area contributed by atoms with Crippen molar-refractivity contribution in [1.82, 2.24) is 9.97 Å². The summed E-state index contributed by atoms with van der Waals surface area (Å²) in [7, 11) is 0. The summed E-state index contributed by atoms with van der Waals surface area (Å²) in [5, 5.41) is 0. The predicted octanol–water partition coefficient (Wildman–Crippen LogP) is 8.07. The molecule has 0 radical (unpaired) electrons. The van der Waals surface area contributed by atoms with Crippen molar-refractivity contribution < 1.29 is 0 Å². The molecule has 0 saturated carbocycles. The van der Waals surface area contributed by atoms with Gasteiger partial charge < -0.3 is 9.97 Å². The van der Waals surface area contributed by atoms with E-state index in [0.29, 0.717) is 11.8 Å². The summed E-state index contributed by atoms with van der Waals surface area (Å²) in [5.41, 5.74) is 4.90. The van der Waals surface area contributed by atoms with Crippen LogP contribution >= 0.6 is 0 Å². The highest BCUT2D eigenvalue weighted by Crippen LogP contribution is 2.30. The minimum absolute atomic E-state index is 0.0865. The standard InChI is InChI=1S/C29H42N2/c1-7-23(3)15-11-9-13-17-25-19-21-27(30-25)29(5,6)28-22-20-26(31-28)18-14-10-12-16-24(4)8-2/h9-16,19-24,30-31H,7-8,17-18H2,1-6H3. The molecule has 2 aromatic heterocycles. The first-order chi connectivity index (χ1) is 14.9. The Balaban J connectivity index is 1.95. The summed E-state index contributed by atoms with van der Waals surface area (Å²) in [4.78, 5) is 7.26. The van der Waals surface area contributed by atoms with Crippen LogP contribution in [0.1, 0.15) is 77.2 Å². The molecule has 0 spiro atoms. The quantitative estimate of drug-likeness (QED) is 0.327. The molecule has 2 heteroatoms. The monoisotopic (exact) mass is 418 g/mol. The van der Waals surface area contributed by atoms with E-state index in [2.05, 4.69) is 124 Å². The van der Waals surface area contributed by atoms with Crippen molar-refractivity contribution in [3.05, 3.63) is 95.6 Å². The molecule has 2 nitrogen and oxygen atoms in total. The average molecular weight is 419 g/mol. The van der Waals surface area contributed by atoms with E-state index in [4.69, 9.17) is 0 Å². The fourth-order valence-electron chi connectivity index (χ4n) is 3.32. The van der Waals surface area contributed by atoms with Gasteiger partial charge in [0.25, 0.3) is 0 Å². The minimum Gasteiger partial charge on any atom is -0.361 e. The molecule has 0 saturated heterocycles. The predicted molar refractivity (Wildman–Crippen MR) is 137 cm³/mol. The van der Waals surface area contributed by atoms with Gasteiger partial charge in [0.05, 0.1) is 0 Å². The van der Waals surface area contributed by atoms with Gasteiger partial charge in [-0.25, -0.2) is 0 Å². The van der Waals surface area contributed by atoms with E-state index in [1.807, 2.05) is 0 Å². The zero-order chi connectivity index (χ0) is 22.7. The van der Waals surface area contributed by atoms with E-state index < -0.39 is 0 Å². The summed E-state index contributed by atoms with van der Waals surface area (Å²) in [6.07, 6.45) is 21.8. The van der Waals surface area contributed by atoms with Gasteiger partial charge in [-0.15, -0.1) is 0 Å². The number of hydrogen-bond donors (Lipinski definition) is 2. The lowest BCUT2D eigenvalue weighted by molar-refractivity contribution is 0.600. The molecule has 2 rings (SSSR count). The van der Waals surface area contributed by atoms with Crippen molar-refractivity contribution in [2.75, 3.05) is 0 Å². The van der Waals surface area contributed by atoms with Crippen LogP contribution in [0.15, 0.2) is 72.9 Å². The van der Waals surface area contributed by atoms with Gasteiger partial charge >= 0.3 is 0 Å². The smallest absolute Gasteiger partial charge is 0.0447 e. The number of rotatable bonds is 12. The molecule has 0 aliphatic rings. The molecule has 2 atom stereocenters. The molecule has 2 heterocycles. The van der Waals surface area contributed by atoms with Gasteiger partial charge in [-0.05, 0) is 49.9 Å². The third kappa shape index (κ3) is 7.94. The fourth-order valence-corrected chi connectivity index (χ4v) is 3.32. The zero-order valence-electron chi connectivity index (χ0n) is 20.4. The van der Waals surface area contributed by atoms with Crippen molar-refractivity contribution in [3.8, 4) is 0 Å². The molecule has 31 heavy (non-hydrogen) atoms. The molecular formula is C29H42N2. The molecule has 0 aliphatic heterocycles. The van der Waals surface area contributed by atoms with Gasteiger partial charge in [0, 0.05) is 41.0 Å². The van der Waals surface area contributed by atoms with Gasteiger partial charge in [-0.2, -0.15) is 0 Å². The van der Waals surface area contributed by atoms with E-state index in [1.54, 1.807) is 0 Å². The van der Waals surface area contributed by atoms with Gasteiger partial charge in [0.1, 0.15) is 0 Å². The Morgan fingerprint density at radius 1 is 0.710 bits per heavy atom. The van der Waals surface area contributed by atoms with Crippen LogP contribution < -0.4 is 0 Å². The second-order valence-electron chi connectivity index (χ2n) is 9.22. The highest BCUT2D eigenvalue weighted by Gasteiger charge is 2.26. The Hall–Kier alpha value is -2.48. The van der Waals surface area contributed by atoms with Crippen LogP contribution in [0.25, 0.3) is 0 Å². The molecule has 0 aliphatic carbocycles. The van der Waals surface area contributed by atoms with Gasteiger partial charge in [0.2, 0.25) is 0 Å². The lowest BCUT2D eigenvalue weighted by Crippen LogP contribution is -2.20. The van der Waals surface area contributed by atoms with Crippen LogP contribution in [0.2, 0.25) is 0 Å². The third-order valence-corrected chi connectivity index (χ3v) is 6.18. The van der Waals surface area contributed by atoms with E-state index in [-0.39, 0.29) is 5.41 Å². The highest BCUT2D eigenvalue weighted by molar-refractivity contribution is 5.33. The number of allylic oxidation sites excluding steroid dienone is 8. The Morgan fingerprint density at radius 2 is 1.13 bits per heavy atom. The lowest BCUT2D eigenvalue weighted by atomic mass is 9.86. The summed E-state index contributed by atoms with van der Waals surface area (Å²) in [6.45, 7) is 13.5. The molecule has 2 aromatic rings. The molecule has 0 amide bonds. The van der Waals surface area contributed by atoms with Crippen LogP contribution in [0, 0.1) is 11.8 Å². The topological polar surface area (TPSA) is 31.6 Å². The van der Waals surface area contributed by atoms with Gasteiger partial charge in [0.15, 0.2) is 0 Å². The van der Waals surface area contributed by atoms with Crippen LogP contribution in [-0.2, 0) is 18.3 Å². The Kier molecular flexibility index (Phi) is 9.91. The summed E-state index contributed by atoms with van der Waals surface area (Å²) < 4.78 is 0. The Labute approximate surface area is 190 Å². The first-order valence-corrected chi connectivity index (χ1v) is 11.9. The fraction of sp³-hybridized carbons (Fsp3) is 0.448. The van der Waals surface area contributed by atoms with E-state index >= 15 is 0 Å². The van der Waals surface area contributed by atoms with Crippen LogP contribution in [0.4, 0.5) is 0 Å². The number of aromatic nitrogens is 2. The zero-order valence-corrected chi connectivity index (χ0v) is 20.4. The maximum Gasteiger partial charge on any atom is 0.0447 e. The molecule has 0 aromatic carbocycles. The first-order valence-electron chi connectivity index (χ1n) is 11.9. The summed E-state index contributed by atoms with van der Waals surface area (Å²) in [6, 6.07) is 8.85. The van der Waals surface area contributed by atoms with E-state index in [1.165, 1.54) is 35.6 Å². The maximum atomic E-state index is 3.63. The van der Waals surface area contributed by atoms with Crippen molar-refractivity contribution >= 4 is 0 Å². The second-order valence-corrected chi connectivity index (χ2v) is 9.22. The SMILES string of the molecule is CCC(C)C=CC=CCc1ccc(C(C)(C)c2ccc(CC=CC=CC(C)CC)[nH]2)[nH]1. The minimum atomic E-state index is -0.0865. The van der Waals surface area contributed by atoms with E-state index in [9.17, 15) is 0 Å². The van der Waals surface area contributed by atoms with Crippen molar-refractivity contribution in [2.45, 2.75) is 72.6 Å². The van der Waals surface area contributed by atoms with Gasteiger partial charge in [-0.1, -0.05) is 89.1 Å². The first kappa shape index (κ1) is 24.8. The van der Waals surface area contributed by atoms with Crippen molar-refractivity contribution in [1.29, 1.82) is 0 Å². The lowest BCUT2D eigenvalue weighted by Gasteiger charge is -2.22. The van der Waals surface area contributed by atoms with Crippen molar-refractivity contribution in [2.24, 2.45) is 11.8 Å². The maximum absolute atomic E-state index is 3.63. The summed E-state index contributed by atoms with van der Waals surface area (Å²) >= 11 is 0. The van der Waals surface area contributed by atoms with Crippen LogP contribution in [-0.4, -0.2) is 9.97 Å². The molecular weight excluding hydrogens is 376 g/mol. The van der Waals surface area contributed by atoms with Crippen LogP contribution in [0.5, 0.6) is 0 Å². The van der Waals surface area contributed by atoms with Crippen molar-refractivity contribution in [3.63, 3.8) is 0 Å². The number of aromatic amines is 2.